The molecule has 0 aliphatic carbocycles. The number of carbonyl (C=O) groups is 2. The molecule has 1 saturated heterocycles. The molecule has 128 valence electrons. The summed E-state index contributed by atoms with van der Waals surface area (Å²) in [6.07, 6.45) is 2.13. The molecule has 2 atom stereocenters. The van der Waals surface area contributed by atoms with E-state index in [0.717, 1.165) is 17.4 Å². The third-order valence-corrected chi connectivity index (χ3v) is 4.77. The summed E-state index contributed by atoms with van der Waals surface area (Å²) < 4.78 is 2.08. The van der Waals surface area contributed by atoms with Crippen LogP contribution in [0.15, 0.2) is 30.5 Å². The number of nitrogens with zero attached hydrogens (tertiary/aromatic N) is 2. The van der Waals surface area contributed by atoms with Crippen LogP contribution in [-0.4, -0.2) is 45.6 Å². The second kappa shape index (κ2) is 6.65. The summed E-state index contributed by atoms with van der Waals surface area (Å²) >= 11 is 0. The molecule has 0 spiro atoms. The highest BCUT2D eigenvalue weighted by Crippen LogP contribution is 2.21. The van der Waals surface area contributed by atoms with Gasteiger partial charge < -0.3 is 19.9 Å². The fourth-order valence-corrected chi connectivity index (χ4v) is 3.10. The first-order chi connectivity index (χ1) is 11.5. The van der Waals surface area contributed by atoms with Gasteiger partial charge in [-0.15, -0.1) is 0 Å². The largest absolute Gasteiger partial charge is 0.391 e. The number of hydrogen-bond donors (Lipinski definition) is 2. The zero-order valence-electron chi connectivity index (χ0n) is 14.0. The van der Waals surface area contributed by atoms with Crippen molar-refractivity contribution in [2.45, 2.75) is 32.9 Å². The molecule has 2 amide bonds. The molecule has 2 N–H and O–H groups in total. The van der Waals surface area contributed by atoms with Crippen LogP contribution in [0.1, 0.15) is 20.3 Å². The number of β-amino-alcohol motifs (C(OH)–C–C–N with tert-alkyl or cyclic N) is 1. The molecule has 0 saturated carbocycles. The van der Waals surface area contributed by atoms with Crippen molar-refractivity contribution >= 4 is 28.4 Å². The van der Waals surface area contributed by atoms with Gasteiger partial charge in [0.15, 0.2) is 0 Å². The van der Waals surface area contributed by atoms with E-state index >= 15 is 0 Å². The van der Waals surface area contributed by atoms with Crippen LogP contribution in [0.4, 0.5) is 5.69 Å². The van der Waals surface area contributed by atoms with E-state index in [0.29, 0.717) is 18.7 Å². The van der Waals surface area contributed by atoms with Crippen LogP contribution in [0.2, 0.25) is 0 Å². The monoisotopic (exact) mass is 329 g/mol. The molecule has 1 aliphatic heterocycles. The van der Waals surface area contributed by atoms with Crippen molar-refractivity contribution in [2.75, 3.05) is 18.4 Å². The second-order valence-corrected chi connectivity index (χ2v) is 6.41. The van der Waals surface area contributed by atoms with Crippen LogP contribution in [0.5, 0.6) is 0 Å². The molecule has 3 rings (SSSR count). The standard InChI is InChI=1S/C18H23N3O3/c1-3-20-9-7-13-4-5-14(10-15(13)20)19-17(23)18(24)21-8-6-12(2)16(22)11-21/h4-5,7,9-10,12,16,22H,3,6,8,11H2,1-2H3,(H,19,23). The fourth-order valence-electron chi connectivity index (χ4n) is 3.10. The van der Waals surface area contributed by atoms with E-state index < -0.39 is 17.9 Å². The van der Waals surface area contributed by atoms with Crippen molar-refractivity contribution in [3.05, 3.63) is 30.5 Å². The highest BCUT2D eigenvalue weighted by molar-refractivity contribution is 6.39. The highest BCUT2D eigenvalue weighted by Gasteiger charge is 2.30. The lowest BCUT2D eigenvalue weighted by atomic mass is 9.96. The Kier molecular flexibility index (Phi) is 4.57. The van der Waals surface area contributed by atoms with E-state index in [1.165, 1.54) is 4.90 Å². The Balaban J connectivity index is 1.71. The average molecular weight is 329 g/mol. The number of aryl methyl sites for hydroxylation is 1. The Hall–Kier alpha value is -2.34. The Bertz CT molecular complexity index is 768. The van der Waals surface area contributed by atoms with Crippen LogP contribution in [0.25, 0.3) is 10.9 Å². The van der Waals surface area contributed by atoms with Crippen LogP contribution < -0.4 is 5.32 Å². The number of aromatic nitrogens is 1. The number of anilines is 1. The van der Waals surface area contributed by atoms with E-state index in [1.54, 1.807) is 6.07 Å². The molecule has 2 heterocycles. The van der Waals surface area contributed by atoms with Crippen molar-refractivity contribution in [1.29, 1.82) is 0 Å². The van der Waals surface area contributed by atoms with Crippen molar-refractivity contribution in [2.24, 2.45) is 5.92 Å². The SMILES string of the molecule is CCn1ccc2ccc(NC(=O)C(=O)N3CCC(C)C(O)C3)cc21. The van der Waals surface area contributed by atoms with Gasteiger partial charge in [-0.2, -0.15) is 0 Å². The van der Waals surface area contributed by atoms with Crippen LogP contribution in [0.3, 0.4) is 0 Å². The quantitative estimate of drug-likeness (QED) is 0.826. The molecule has 2 aromatic rings. The normalized spacial score (nSPS) is 21.0. The molecule has 6 nitrogen and oxygen atoms in total. The predicted octanol–water partition coefficient (Wildman–Crippen LogP) is 1.83. The number of carbonyl (C=O) groups excluding carboxylic acids is 2. The van der Waals surface area contributed by atoms with Crippen molar-refractivity contribution in [1.82, 2.24) is 9.47 Å². The van der Waals surface area contributed by atoms with Gasteiger partial charge in [0.1, 0.15) is 0 Å². The number of nitrogens with one attached hydrogen (secondary N) is 1. The van der Waals surface area contributed by atoms with Gasteiger partial charge in [-0.25, -0.2) is 0 Å². The minimum Gasteiger partial charge on any atom is -0.391 e. The zero-order valence-corrected chi connectivity index (χ0v) is 14.0. The van der Waals surface area contributed by atoms with Gasteiger partial charge in [0.2, 0.25) is 0 Å². The first-order valence-electron chi connectivity index (χ1n) is 8.36. The van der Waals surface area contributed by atoms with E-state index in [9.17, 15) is 14.7 Å². The Morgan fingerprint density at radius 1 is 1.33 bits per heavy atom. The van der Waals surface area contributed by atoms with Gasteiger partial charge in [0.25, 0.3) is 0 Å². The lowest BCUT2D eigenvalue weighted by Gasteiger charge is -2.33. The summed E-state index contributed by atoms with van der Waals surface area (Å²) in [5, 5.41) is 13.7. The van der Waals surface area contributed by atoms with E-state index in [4.69, 9.17) is 0 Å². The van der Waals surface area contributed by atoms with Gasteiger partial charge >= 0.3 is 11.8 Å². The summed E-state index contributed by atoms with van der Waals surface area (Å²) in [7, 11) is 0. The van der Waals surface area contributed by atoms with Crippen molar-refractivity contribution < 1.29 is 14.7 Å². The fraction of sp³-hybridized carbons (Fsp3) is 0.444. The van der Waals surface area contributed by atoms with Crippen LogP contribution >= 0.6 is 0 Å². The highest BCUT2D eigenvalue weighted by atomic mass is 16.3. The smallest absolute Gasteiger partial charge is 0.313 e. The number of aliphatic hydroxyl groups excluding tert-OH is 1. The molecule has 0 bridgehead atoms. The van der Waals surface area contributed by atoms with E-state index in [1.807, 2.05) is 31.3 Å². The maximum Gasteiger partial charge on any atom is 0.313 e. The van der Waals surface area contributed by atoms with Crippen molar-refractivity contribution in [3.8, 4) is 0 Å². The Labute approximate surface area is 141 Å². The van der Waals surface area contributed by atoms with Gasteiger partial charge in [-0.05, 0) is 42.8 Å². The van der Waals surface area contributed by atoms with Gasteiger partial charge in [-0.1, -0.05) is 13.0 Å². The summed E-state index contributed by atoms with van der Waals surface area (Å²) in [5.74, 6) is -1.10. The number of rotatable bonds is 2. The molecular weight excluding hydrogens is 306 g/mol. The predicted molar refractivity (Wildman–Crippen MR) is 92.6 cm³/mol. The first kappa shape index (κ1) is 16.5. The second-order valence-electron chi connectivity index (χ2n) is 6.41. The van der Waals surface area contributed by atoms with E-state index in [2.05, 4.69) is 16.8 Å². The molecule has 1 aromatic heterocycles. The number of hydrogen-bond acceptors (Lipinski definition) is 3. The molecule has 1 aliphatic rings. The Morgan fingerprint density at radius 2 is 2.12 bits per heavy atom. The lowest BCUT2D eigenvalue weighted by Crippen LogP contribution is -2.49. The van der Waals surface area contributed by atoms with Crippen molar-refractivity contribution in [3.63, 3.8) is 0 Å². The van der Waals surface area contributed by atoms with Crippen LogP contribution in [0, 0.1) is 5.92 Å². The Morgan fingerprint density at radius 3 is 2.83 bits per heavy atom. The topological polar surface area (TPSA) is 74.6 Å². The first-order valence-corrected chi connectivity index (χ1v) is 8.36. The van der Waals surface area contributed by atoms with Gasteiger partial charge in [0.05, 0.1) is 11.6 Å². The summed E-state index contributed by atoms with van der Waals surface area (Å²) in [6.45, 7) is 5.55. The maximum atomic E-state index is 12.3. The number of aliphatic hydroxyl groups is 1. The minimum absolute atomic E-state index is 0.154. The van der Waals surface area contributed by atoms with Gasteiger partial charge in [-0.3, -0.25) is 9.59 Å². The summed E-state index contributed by atoms with van der Waals surface area (Å²) in [4.78, 5) is 26.0. The average Bonchev–Trinajstić information content (AvgIpc) is 2.99. The number of benzene rings is 1. The number of piperidine rings is 1. The molecular formula is C18H23N3O3. The third-order valence-electron chi connectivity index (χ3n) is 4.77. The zero-order chi connectivity index (χ0) is 17.3. The molecule has 1 fully saturated rings. The molecule has 1 aromatic carbocycles. The maximum absolute atomic E-state index is 12.3. The lowest BCUT2D eigenvalue weighted by molar-refractivity contribution is -0.146. The van der Waals surface area contributed by atoms with Crippen LogP contribution in [-0.2, 0) is 16.1 Å². The summed E-state index contributed by atoms with van der Waals surface area (Å²) in [5.41, 5.74) is 1.62. The van der Waals surface area contributed by atoms with Gasteiger partial charge in [0, 0.05) is 31.5 Å². The van der Waals surface area contributed by atoms with E-state index in [-0.39, 0.29) is 12.5 Å². The summed E-state index contributed by atoms with van der Waals surface area (Å²) in [6, 6.07) is 7.61. The number of fused-ring (bicyclic) bond motifs is 1. The third kappa shape index (κ3) is 3.14. The minimum atomic E-state index is -0.661. The molecule has 0 radical (unpaired) electrons. The number of likely N-dealkylation sites (tertiary alicyclic amines) is 1. The molecule has 6 heteroatoms. The molecule has 2 unspecified atom stereocenters. The molecule has 24 heavy (non-hydrogen) atoms. The number of amides is 2.